The lowest BCUT2D eigenvalue weighted by Gasteiger charge is -2.20. The molecule has 2 heterocycles. The quantitative estimate of drug-likeness (QED) is 0.292. The summed E-state index contributed by atoms with van der Waals surface area (Å²) in [6.45, 7) is 9.42. The molecule has 2 rings (SSSR count). The van der Waals surface area contributed by atoms with Crippen LogP contribution in [0.5, 0.6) is 0 Å². The van der Waals surface area contributed by atoms with Gasteiger partial charge in [0.05, 0.1) is 11.4 Å². The second kappa shape index (κ2) is 8.96. The summed E-state index contributed by atoms with van der Waals surface area (Å²) in [5.41, 5.74) is 5.67. The number of pyridine rings is 1. The summed E-state index contributed by atoms with van der Waals surface area (Å²) in [5, 5.41) is 12.1. The number of aryl methyl sites for hydroxylation is 1. The Kier molecular flexibility index (Phi) is 6.94. The highest BCUT2D eigenvalue weighted by atomic mass is 16.5. The number of rotatable bonds is 8. The number of imidazole rings is 1. The van der Waals surface area contributed by atoms with Crippen molar-refractivity contribution in [1.29, 1.82) is 0 Å². The molecular formula is C20H30N4O2. The summed E-state index contributed by atoms with van der Waals surface area (Å²) in [5.74, 6) is -0.552. The molecule has 0 aliphatic rings. The molecule has 0 aliphatic carbocycles. The summed E-state index contributed by atoms with van der Waals surface area (Å²) >= 11 is 0. The molecule has 0 unspecified atom stereocenters. The topological polar surface area (TPSA) is 78.7 Å². The number of hydroxylamine groups is 1. The molecule has 3 N–H and O–H groups in total. The zero-order valence-corrected chi connectivity index (χ0v) is 16.2. The van der Waals surface area contributed by atoms with Crippen LogP contribution in [0.2, 0.25) is 0 Å². The van der Waals surface area contributed by atoms with Crippen molar-refractivity contribution >= 4 is 17.6 Å². The van der Waals surface area contributed by atoms with Crippen molar-refractivity contribution in [3.8, 4) is 0 Å². The molecule has 0 fully saturated rings. The van der Waals surface area contributed by atoms with Crippen molar-refractivity contribution in [2.24, 2.45) is 0 Å². The highest BCUT2D eigenvalue weighted by Crippen LogP contribution is 2.18. The van der Waals surface area contributed by atoms with Crippen molar-refractivity contribution < 1.29 is 10.0 Å². The first kappa shape index (κ1) is 20.1. The van der Waals surface area contributed by atoms with Crippen LogP contribution in [0.1, 0.15) is 63.9 Å². The lowest BCUT2D eigenvalue weighted by molar-refractivity contribution is -0.124. The normalized spacial score (nSPS) is 12.2. The van der Waals surface area contributed by atoms with Crippen molar-refractivity contribution in [2.45, 2.75) is 65.5 Å². The predicted molar refractivity (Wildman–Crippen MR) is 104 cm³/mol. The van der Waals surface area contributed by atoms with Crippen LogP contribution in [0.3, 0.4) is 0 Å². The van der Waals surface area contributed by atoms with E-state index in [1.54, 1.807) is 11.6 Å². The van der Waals surface area contributed by atoms with E-state index in [2.05, 4.69) is 37.4 Å². The van der Waals surface area contributed by atoms with E-state index in [1.807, 2.05) is 18.3 Å². The van der Waals surface area contributed by atoms with Crippen LogP contribution in [0.25, 0.3) is 11.7 Å². The average molecular weight is 358 g/mol. The van der Waals surface area contributed by atoms with Gasteiger partial charge in [0.2, 0.25) is 0 Å². The second-order valence-electron chi connectivity index (χ2n) is 7.56. The third kappa shape index (κ3) is 5.68. The molecule has 0 aromatic carbocycles. The molecule has 6 nitrogen and oxygen atoms in total. The van der Waals surface area contributed by atoms with E-state index in [0.717, 1.165) is 36.3 Å². The zero-order valence-electron chi connectivity index (χ0n) is 16.2. The summed E-state index contributed by atoms with van der Waals surface area (Å²) in [6.07, 6.45) is 9.42. The summed E-state index contributed by atoms with van der Waals surface area (Å²) < 4.78 is 2.11. The molecule has 0 aliphatic heterocycles. The van der Waals surface area contributed by atoms with Crippen molar-refractivity contribution in [3.63, 3.8) is 0 Å². The third-order valence-corrected chi connectivity index (χ3v) is 4.17. The van der Waals surface area contributed by atoms with Gasteiger partial charge in [-0.05, 0) is 57.4 Å². The van der Waals surface area contributed by atoms with Gasteiger partial charge in [-0.25, -0.2) is 10.5 Å². The van der Waals surface area contributed by atoms with Crippen LogP contribution in [0, 0.1) is 0 Å². The van der Waals surface area contributed by atoms with E-state index in [0.29, 0.717) is 0 Å². The number of aromatic nitrogens is 2. The number of nitrogens with one attached hydrogen (secondary N) is 2. The van der Waals surface area contributed by atoms with Gasteiger partial charge in [0.25, 0.3) is 5.91 Å². The number of amides is 1. The van der Waals surface area contributed by atoms with Gasteiger partial charge in [0, 0.05) is 24.4 Å². The Labute approximate surface area is 155 Å². The SMILES string of the molecule is CCCCCc1nc2cc(C=CC(=O)NO)ccn2c1CNC(C)(C)C. The largest absolute Gasteiger partial charge is 0.306 e. The van der Waals surface area contributed by atoms with Crippen molar-refractivity contribution in [3.05, 3.63) is 41.4 Å². The minimum atomic E-state index is -0.552. The van der Waals surface area contributed by atoms with Gasteiger partial charge in [-0.15, -0.1) is 0 Å². The molecule has 142 valence electrons. The van der Waals surface area contributed by atoms with E-state index in [4.69, 9.17) is 10.2 Å². The number of unbranched alkanes of at least 4 members (excludes halogenated alkanes) is 2. The molecule has 0 radical (unpaired) electrons. The van der Waals surface area contributed by atoms with Gasteiger partial charge in [-0.1, -0.05) is 19.8 Å². The van der Waals surface area contributed by atoms with Gasteiger partial charge in [0.15, 0.2) is 0 Å². The minimum Gasteiger partial charge on any atom is -0.306 e. The number of carbonyl (C=O) groups excluding carboxylic acids is 1. The first-order chi connectivity index (χ1) is 12.3. The summed E-state index contributed by atoms with van der Waals surface area (Å²) in [6, 6.07) is 3.89. The van der Waals surface area contributed by atoms with Gasteiger partial charge in [-0.3, -0.25) is 10.0 Å². The van der Waals surface area contributed by atoms with Crippen molar-refractivity contribution in [1.82, 2.24) is 20.2 Å². The van der Waals surface area contributed by atoms with E-state index in [-0.39, 0.29) is 5.54 Å². The van der Waals surface area contributed by atoms with E-state index < -0.39 is 5.91 Å². The Balaban J connectivity index is 2.33. The summed E-state index contributed by atoms with van der Waals surface area (Å²) in [4.78, 5) is 16.0. The fourth-order valence-corrected chi connectivity index (χ4v) is 2.75. The third-order valence-electron chi connectivity index (χ3n) is 4.17. The lowest BCUT2D eigenvalue weighted by atomic mass is 10.1. The Bertz CT molecular complexity index is 772. The Hall–Kier alpha value is -2.18. The molecule has 0 saturated heterocycles. The standard InChI is InChI=1S/C20H30N4O2/c1-5-6-7-8-16-17(14-21-20(2,3)4)24-12-11-15(13-18(24)22-16)9-10-19(25)23-26/h9-13,21,26H,5-8,14H2,1-4H3,(H,23,25). The fourth-order valence-electron chi connectivity index (χ4n) is 2.75. The molecule has 1 amide bonds. The molecule has 0 spiro atoms. The van der Waals surface area contributed by atoms with Gasteiger partial charge >= 0.3 is 0 Å². The molecule has 6 heteroatoms. The van der Waals surface area contributed by atoms with Gasteiger partial charge in [0.1, 0.15) is 5.65 Å². The van der Waals surface area contributed by atoms with Crippen LogP contribution in [-0.4, -0.2) is 26.0 Å². The fraction of sp³-hybridized carbons (Fsp3) is 0.500. The molecule has 0 saturated carbocycles. The van der Waals surface area contributed by atoms with Crippen LogP contribution >= 0.6 is 0 Å². The number of hydrogen-bond donors (Lipinski definition) is 3. The first-order valence-electron chi connectivity index (χ1n) is 9.21. The molecule has 0 atom stereocenters. The van der Waals surface area contributed by atoms with Crippen LogP contribution < -0.4 is 10.8 Å². The Morgan fingerprint density at radius 2 is 2.12 bits per heavy atom. The van der Waals surface area contributed by atoms with Crippen LogP contribution in [-0.2, 0) is 17.8 Å². The number of nitrogens with zero attached hydrogens (tertiary/aromatic N) is 2. The van der Waals surface area contributed by atoms with Crippen LogP contribution in [0.15, 0.2) is 24.4 Å². The summed E-state index contributed by atoms with van der Waals surface area (Å²) in [7, 11) is 0. The average Bonchev–Trinajstić information content (AvgIpc) is 2.94. The van der Waals surface area contributed by atoms with E-state index >= 15 is 0 Å². The Morgan fingerprint density at radius 1 is 1.35 bits per heavy atom. The van der Waals surface area contributed by atoms with Gasteiger partial charge in [-0.2, -0.15) is 0 Å². The Morgan fingerprint density at radius 3 is 2.77 bits per heavy atom. The zero-order chi connectivity index (χ0) is 19.2. The molecule has 2 aromatic rings. The first-order valence-corrected chi connectivity index (χ1v) is 9.21. The molecule has 0 bridgehead atoms. The second-order valence-corrected chi connectivity index (χ2v) is 7.56. The maximum Gasteiger partial charge on any atom is 0.267 e. The highest BCUT2D eigenvalue weighted by molar-refractivity contribution is 5.90. The number of fused-ring (bicyclic) bond motifs is 1. The maximum atomic E-state index is 11.2. The molecule has 2 aromatic heterocycles. The number of hydrogen-bond acceptors (Lipinski definition) is 4. The molecular weight excluding hydrogens is 328 g/mol. The van der Waals surface area contributed by atoms with Gasteiger partial charge < -0.3 is 9.72 Å². The van der Waals surface area contributed by atoms with E-state index in [9.17, 15) is 4.79 Å². The monoisotopic (exact) mass is 358 g/mol. The highest BCUT2D eigenvalue weighted by Gasteiger charge is 2.15. The lowest BCUT2D eigenvalue weighted by Crippen LogP contribution is -2.35. The smallest absolute Gasteiger partial charge is 0.267 e. The maximum absolute atomic E-state index is 11.2. The minimum absolute atomic E-state index is 0.0329. The van der Waals surface area contributed by atoms with Crippen molar-refractivity contribution in [2.75, 3.05) is 0 Å². The number of carbonyl (C=O) groups is 1. The molecule has 26 heavy (non-hydrogen) atoms. The van der Waals surface area contributed by atoms with E-state index in [1.165, 1.54) is 24.6 Å². The predicted octanol–water partition coefficient (Wildman–Crippen LogP) is 3.47. The van der Waals surface area contributed by atoms with Crippen LogP contribution in [0.4, 0.5) is 0 Å².